The van der Waals surface area contributed by atoms with Gasteiger partial charge in [0, 0.05) is 23.5 Å². The zero-order chi connectivity index (χ0) is 21.9. The van der Waals surface area contributed by atoms with Gasteiger partial charge >= 0.3 is 22.6 Å². The fourth-order valence-electron chi connectivity index (χ4n) is 2.33. The van der Waals surface area contributed by atoms with E-state index in [9.17, 15) is 0 Å². The number of hydrogen-bond donors (Lipinski definition) is 0. The van der Waals surface area contributed by atoms with Crippen LogP contribution < -0.4 is 4.74 Å². The summed E-state index contributed by atoms with van der Waals surface area (Å²) in [5, 5.41) is 0. The van der Waals surface area contributed by atoms with Crippen LogP contribution in [0.15, 0.2) is 115 Å². The van der Waals surface area contributed by atoms with Gasteiger partial charge in [-0.15, -0.1) is 29.8 Å². The molecular formula is C27H20FeO3-. The largest absolute Gasteiger partial charge is 0.476 e. The quantitative estimate of drug-likeness (QED) is 0.154. The Labute approximate surface area is 194 Å². The third-order valence-electron chi connectivity index (χ3n) is 3.59. The van der Waals surface area contributed by atoms with Gasteiger partial charge in [0.05, 0.1) is 5.76 Å². The zero-order valence-corrected chi connectivity index (χ0v) is 17.7. The fraction of sp³-hybridized carbons (Fsp3) is 0. The first-order chi connectivity index (χ1) is 14.9. The Hall–Kier alpha value is -3.32. The van der Waals surface area contributed by atoms with E-state index in [4.69, 9.17) is 14.0 Å². The Bertz CT molecular complexity index is 942. The molecule has 0 saturated heterocycles. The van der Waals surface area contributed by atoms with Crippen molar-refractivity contribution >= 4 is 5.76 Å². The molecule has 3 aromatic rings. The molecule has 0 bridgehead atoms. The van der Waals surface area contributed by atoms with Crippen LogP contribution in [0.25, 0.3) is 5.76 Å². The molecule has 0 N–H and O–H groups in total. The van der Waals surface area contributed by atoms with Crippen LogP contribution in [0, 0.1) is 25.8 Å². The number of ether oxygens (including phenoxy) is 1. The van der Waals surface area contributed by atoms with Crippen LogP contribution in [-0.2, 0) is 26.4 Å². The number of hydrogen-bond acceptors (Lipinski definition) is 1. The van der Waals surface area contributed by atoms with Crippen molar-refractivity contribution in [2.24, 2.45) is 0 Å². The third kappa shape index (κ3) is 11.4. The molecule has 1 aliphatic rings. The number of para-hydroxylation sites is 1. The summed E-state index contributed by atoms with van der Waals surface area (Å²) in [6, 6.07) is 29.8. The van der Waals surface area contributed by atoms with Crippen LogP contribution >= 0.6 is 0 Å². The van der Waals surface area contributed by atoms with E-state index in [1.807, 2.05) is 122 Å². The van der Waals surface area contributed by atoms with Gasteiger partial charge in [-0.25, -0.2) is 0 Å². The van der Waals surface area contributed by atoms with Crippen molar-refractivity contribution < 1.29 is 31.1 Å². The van der Waals surface area contributed by atoms with Crippen LogP contribution in [0.2, 0.25) is 0 Å². The number of benzene rings is 3. The van der Waals surface area contributed by atoms with Gasteiger partial charge in [0.25, 0.3) is 0 Å². The second kappa shape index (κ2) is 18.7. The van der Waals surface area contributed by atoms with E-state index in [-0.39, 0.29) is 17.1 Å². The molecule has 0 unspecified atom stereocenters. The van der Waals surface area contributed by atoms with Crippen molar-refractivity contribution in [3.63, 3.8) is 0 Å². The smallest absolute Gasteiger partial charge is 0.125 e. The van der Waals surface area contributed by atoms with Crippen LogP contribution in [-0.4, -0.2) is 0 Å². The van der Waals surface area contributed by atoms with Gasteiger partial charge < -0.3 is 4.74 Å². The van der Waals surface area contributed by atoms with E-state index in [1.54, 1.807) is 0 Å². The summed E-state index contributed by atoms with van der Waals surface area (Å²) >= 11 is 0. The van der Waals surface area contributed by atoms with Gasteiger partial charge in [-0.05, 0) is 12.1 Å². The monoisotopic (exact) mass is 448 g/mol. The average Bonchev–Trinajstić information content (AvgIpc) is 3.44. The molecule has 1 radical (unpaired) electrons. The predicted molar refractivity (Wildman–Crippen MR) is 116 cm³/mol. The van der Waals surface area contributed by atoms with Crippen molar-refractivity contribution in [1.29, 1.82) is 0 Å². The normalized spacial score (nSPS) is 10.5. The summed E-state index contributed by atoms with van der Waals surface area (Å²) in [7, 11) is 0. The second-order valence-electron chi connectivity index (χ2n) is 5.56. The van der Waals surface area contributed by atoms with Gasteiger partial charge in [-0.1, -0.05) is 90.5 Å². The van der Waals surface area contributed by atoms with Gasteiger partial charge in [0.1, 0.15) is 5.75 Å². The summed E-state index contributed by atoms with van der Waals surface area (Å²) in [5.74, 6) is 1.52. The summed E-state index contributed by atoms with van der Waals surface area (Å²) in [6.45, 7) is 9.00. The zero-order valence-electron chi connectivity index (χ0n) is 16.6. The molecule has 3 aromatic carbocycles. The first-order valence-corrected chi connectivity index (χ1v) is 8.97. The molecule has 0 aromatic heterocycles. The van der Waals surface area contributed by atoms with Crippen molar-refractivity contribution in [3.8, 4) is 5.75 Å². The van der Waals surface area contributed by atoms with E-state index in [2.05, 4.69) is 19.4 Å². The minimum absolute atomic E-state index is 0. The molecule has 0 heterocycles. The molecule has 0 saturated carbocycles. The maximum atomic E-state index is 7.50. The average molecular weight is 448 g/mol. The topological polar surface area (TPSA) is 49.0 Å². The first kappa shape index (κ1) is 27.7. The van der Waals surface area contributed by atoms with E-state index in [0.29, 0.717) is 5.76 Å². The molecule has 4 heteroatoms. The van der Waals surface area contributed by atoms with Crippen LogP contribution in [0.5, 0.6) is 5.75 Å². The standard InChI is InChI=1S/C20H15O.C5H5.2CO.Fe/c1-4-10-17(11-5-1)16-20(18-12-6-2-7-13-18)21-19-14-8-3-9-15-19;1-2-4-5-3-1;2*1-2;/h1-15H;1-5H;;;/q-1;;;;. The maximum Gasteiger partial charge on any atom is 0.125 e. The Morgan fingerprint density at radius 1 is 0.613 bits per heavy atom. The number of rotatable bonds is 4. The molecular weight excluding hydrogens is 428 g/mol. The van der Waals surface area contributed by atoms with Crippen molar-refractivity contribution in [1.82, 2.24) is 0 Å². The Balaban J connectivity index is 0.000000768. The Morgan fingerprint density at radius 2 is 1.06 bits per heavy atom. The van der Waals surface area contributed by atoms with Crippen LogP contribution in [0.4, 0.5) is 0 Å². The van der Waals surface area contributed by atoms with Crippen molar-refractivity contribution in [2.45, 2.75) is 0 Å². The van der Waals surface area contributed by atoms with Gasteiger partial charge in [-0.2, -0.15) is 0 Å². The SMILES string of the molecule is [C-]#[O+].[C-]#[O+].[C-](=C(Oc1ccccc1)c1ccccc1)c1ccccc1.[CH]1C=CC=C1.[Fe]. The minimum Gasteiger partial charge on any atom is -0.476 e. The van der Waals surface area contributed by atoms with Crippen LogP contribution in [0.1, 0.15) is 11.1 Å². The van der Waals surface area contributed by atoms with Crippen molar-refractivity contribution in [2.75, 3.05) is 0 Å². The molecule has 0 spiro atoms. The van der Waals surface area contributed by atoms with E-state index >= 15 is 0 Å². The summed E-state index contributed by atoms with van der Waals surface area (Å²) in [6.07, 6.45) is 13.3. The van der Waals surface area contributed by atoms with E-state index < -0.39 is 0 Å². The van der Waals surface area contributed by atoms with Gasteiger partial charge in [-0.3, -0.25) is 0 Å². The summed E-state index contributed by atoms with van der Waals surface area (Å²) < 4.78 is 21.0. The maximum absolute atomic E-state index is 7.50. The molecule has 3 nitrogen and oxygen atoms in total. The Kier molecular flexibility index (Phi) is 16.7. The van der Waals surface area contributed by atoms with Crippen LogP contribution in [0.3, 0.4) is 0 Å². The van der Waals surface area contributed by atoms with Crippen molar-refractivity contribution in [3.05, 3.63) is 152 Å². The fourth-order valence-corrected chi connectivity index (χ4v) is 2.33. The van der Waals surface area contributed by atoms with E-state index in [1.165, 1.54) is 0 Å². The minimum atomic E-state index is 0. The number of allylic oxidation sites excluding steroid dienone is 4. The summed E-state index contributed by atoms with van der Waals surface area (Å²) in [4.78, 5) is 0. The first-order valence-electron chi connectivity index (χ1n) is 8.97. The second-order valence-corrected chi connectivity index (χ2v) is 5.56. The molecule has 0 aliphatic heterocycles. The molecule has 0 fully saturated rings. The molecule has 155 valence electrons. The molecule has 31 heavy (non-hydrogen) atoms. The molecule has 4 rings (SSSR count). The third-order valence-corrected chi connectivity index (χ3v) is 3.59. The van der Waals surface area contributed by atoms with Gasteiger partial charge in [0.2, 0.25) is 0 Å². The summed E-state index contributed by atoms with van der Waals surface area (Å²) in [5.41, 5.74) is 2.00. The molecule has 1 aliphatic carbocycles. The van der Waals surface area contributed by atoms with Gasteiger partial charge in [0.15, 0.2) is 0 Å². The molecule has 0 atom stereocenters. The molecule has 0 amide bonds. The Morgan fingerprint density at radius 3 is 1.52 bits per heavy atom. The predicted octanol–water partition coefficient (Wildman–Crippen LogP) is 6.20. The van der Waals surface area contributed by atoms with E-state index in [0.717, 1.165) is 16.9 Å².